The van der Waals surface area contributed by atoms with E-state index < -0.39 is 0 Å². The second kappa shape index (κ2) is 8.69. The summed E-state index contributed by atoms with van der Waals surface area (Å²) >= 11 is 0. The molecule has 0 spiro atoms. The third kappa shape index (κ3) is 4.53. The number of rotatable bonds is 7. The van der Waals surface area contributed by atoms with Crippen molar-refractivity contribution in [3.05, 3.63) is 41.7 Å². The molecule has 26 heavy (non-hydrogen) atoms. The average Bonchev–Trinajstić information content (AvgIpc) is 3.33. The van der Waals surface area contributed by atoms with Crippen molar-refractivity contribution in [2.24, 2.45) is 5.92 Å². The van der Waals surface area contributed by atoms with Gasteiger partial charge in [-0.1, -0.05) is 24.4 Å². The van der Waals surface area contributed by atoms with Crippen LogP contribution in [0.1, 0.15) is 61.0 Å². The number of nitrogens with one attached hydrogen (secondary N) is 1. The van der Waals surface area contributed by atoms with Gasteiger partial charge in [0.05, 0.1) is 19.4 Å². The van der Waals surface area contributed by atoms with E-state index in [9.17, 15) is 9.59 Å². The molecule has 2 aromatic rings. The molecule has 1 aliphatic carbocycles. The molecule has 0 atom stereocenters. The van der Waals surface area contributed by atoms with E-state index in [0.29, 0.717) is 18.8 Å². The predicted molar refractivity (Wildman–Crippen MR) is 94.0 cm³/mol. The van der Waals surface area contributed by atoms with E-state index in [1.165, 1.54) is 6.42 Å². The molecule has 140 valence electrons. The summed E-state index contributed by atoms with van der Waals surface area (Å²) in [6, 6.07) is 5.25. The Morgan fingerprint density at radius 1 is 1.23 bits per heavy atom. The molecule has 0 bridgehead atoms. The van der Waals surface area contributed by atoms with Crippen LogP contribution in [0.5, 0.6) is 0 Å². The van der Waals surface area contributed by atoms with Crippen LogP contribution < -0.4 is 5.32 Å². The first-order chi connectivity index (χ1) is 12.7. The highest BCUT2D eigenvalue weighted by Crippen LogP contribution is 2.27. The summed E-state index contributed by atoms with van der Waals surface area (Å²) in [5, 5.41) is 6.49. The van der Waals surface area contributed by atoms with Crippen LogP contribution in [-0.2, 0) is 17.9 Å². The van der Waals surface area contributed by atoms with Crippen LogP contribution >= 0.6 is 0 Å². The van der Waals surface area contributed by atoms with Crippen molar-refractivity contribution < 1.29 is 18.5 Å². The van der Waals surface area contributed by atoms with Crippen molar-refractivity contribution >= 4 is 11.8 Å². The van der Waals surface area contributed by atoms with E-state index in [-0.39, 0.29) is 30.0 Å². The minimum absolute atomic E-state index is 0.0458. The van der Waals surface area contributed by atoms with Gasteiger partial charge in [-0.25, -0.2) is 0 Å². The maximum Gasteiger partial charge on any atom is 0.273 e. The van der Waals surface area contributed by atoms with Crippen molar-refractivity contribution in [2.75, 3.05) is 6.54 Å². The van der Waals surface area contributed by atoms with Gasteiger partial charge in [-0.2, -0.15) is 0 Å². The molecule has 0 radical (unpaired) electrons. The van der Waals surface area contributed by atoms with Gasteiger partial charge >= 0.3 is 0 Å². The summed E-state index contributed by atoms with van der Waals surface area (Å²) in [5.74, 6) is 1.08. The lowest BCUT2D eigenvalue weighted by Gasteiger charge is -2.28. The van der Waals surface area contributed by atoms with Crippen molar-refractivity contribution in [3.63, 3.8) is 0 Å². The Labute approximate surface area is 152 Å². The number of nitrogens with zero attached hydrogens (tertiary/aromatic N) is 2. The number of carbonyl (C=O) groups is 2. The first-order valence-electron chi connectivity index (χ1n) is 9.22. The van der Waals surface area contributed by atoms with E-state index in [1.54, 1.807) is 23.3 Å². The van der Waals surface area contributed by atoms with Gasteiger partial charge in [0.2, 0.25) is 5.91 Å². The first kappa shape index (κ1) is 18.2. The molecule has 1 N–H and O–H groups in total. The standard InChI is InChI=1S/C19H25N3O4/c1-2-20-18(23)17-11-16(26-21-17)13-22(12-15-9-6-10-25-15)19(24)14-7-4-3-5-8-14/h6,9-11,14H,2-5,7-8,12-13H2,1H3,(H,20,23). The highest BCUT2D eigenvalue weighted by molar-refractivity contribution is 5.92. The van der Waals surface area contributed by atoms with Gasteiger partial charge in [0, 0.05) is 18.5 Å². The van der Waals surface area contributed by atoms with Gasteiger partial charge in [0.25, 0.3) is 5.91 Å². The summed E-state index contributed by atoms with van der Waals surface area (Å²) in [6.45, 7) is 3.00. The fourth-order valence-corrected chi connectivity index (χ4v) is 3.34. The zero-order chi connectivity index (χ0) is 18.4. The van der Waals surface area contributed by atoms with E-state index in [4.69, 9.17) is 8.94 Å². The van der Waals surface area contributed by atoms with Gasteiger partial charge in [-0.05, 0) is 31.9 Å². The molecule has 1 saturated carbocycles. The van der Waals surface area contributed by atoms with Crippen LogP contribution in [0, 0.1) is 5.92 Å². The molecule has 7 heteroatoms. The molecule has 0 aliphatic heterocycles. The smallest absolute Gasteiger partial charge is 0.273 e. The number of hydrogen-bond donors (Lipinski definition) is 1. The quantitative estimate of drug-likeness (QED) is 0.820. The summed E-state index contributed by atoms with van der Waals surface area (Å²) in [4.78, 5) is 26.6. The van der Waals surface area contributed by atoms with Crippen molar-refractivity contribution in [1.29, 1.82) is 0 Å². The predicted octanol–water partition coefficient (Wildman–Crippen LogP) is 3.13. The molecule has 1 fully saturated rings. The number of amides is 2. The summed E-state index contributed by atoms with van der Waals surface area (Å²) < 4.78 is 10.7. The first-order valence-corrected chi connectivity index (χ1v) is 9.22. The maximum atomic E-state index is 13.0. The molecular weight excluding hydrogens is 334 g/mol. The molecule has 1 aliphatic rings. The highest BCUT2D eigenvalue weighted by Gasteiger charge is 2.27. The zero-order valence-electron chi connectivity index (χ0n) is 15.1. The normalized spacial score (nSPS) is 15.0. The molecule has 2 aromatic heterocycles. The number of aromatic nitrogens is 1. The van der Waals surface area contributed by atoms with Crippen LogP contribution in [0.2, 0.25) is 0 Å². The van der Waals surface area contributed by atoms with Gasteiger partial charge in [0.15, 0.2) is 11.5 Å². The minimum atomic E-state index is -0.279. The molecule has 0 unspecified atom stereocenters. The van der Waals surface area contributed by atoms with Gasteiger partial charge < -0.3 is 19.2 Å². The van der Waals surface area contributed by atoms with E-state index in [2.05, 4.69) is 10.5 Å². The van der Waals surface area contributed by atoms with E-state index in [0.717, 1.165) is 31.4 Å². The lowest BCUT2D eigenvalue weighted by Crippen LogP contribution is -2.36. The van der Waals surface area contributed by atoms with Crippen LogP contribution in [0.25, 0.3) is 0 Å². The lowest BCUT2D eigenvalue weighted by molar-refractivity contribution is -0.138. The summed E-state index contributed by atoms with van der Waals surface area (Å²) in [6.07, 6.45) is 6.82. The molecule has 0 aromatic carbocycles. The molecular formula is C19H25N3O4. The fraction of sp³-hybridized carbons (Fsp3) is 0.526. The van der Waals surface area contributed by atoms with Crippen molar-refractivity contribution in [1.82, 2.24) is 15.4 Å². The van der Waals surface area contributed by atoms with Crippen LogP contribution in [-0.4, -0.2) is 28.4 Å². The summed E-state index contributed by atoms with van der Waals surface area (Å²) in [5.41, 5.74) is 0.227. The Morgan fingerprint density at radius 3 is 2.69 bits per heavy atom. The Hall–Kier alpha value is -2.57. The van der Waals surface area contributed by atoms with Crippen molar-refractivity contribution in [3.8, 4) is 0 Å². The number of furan rings is 1. The second-order valence-electron chi connectivity index (χ2n) is 6.65. The van der Waals surface area contributed by atoms with Gasteiger partial charge in [-0.15, -0.1) is 0 Å². The molecule has 3 rings (SSSR count). The highest BCUT2D eigenvalue weighted by atomic mass is 16.5. The van der Waals surface area contributed by atoms with Gasteiger partial charge in [-0.3, -0.25) is 9.59 Å². The SMILES string of the molecule is CCNC(=O)c1cc(CN(Cc2ccco2)C(=O)C2CCCCC2)on1. The Kier molecular flexibility index (Phi) is 6.09. The number of hydrogen-bond acceptors (Lipinski definition) is 5. The van der Waals surface area contributed by atoms with Crippen LogP contribution in [0.15, 0.2) is 33.4 Å². The Morgan fingerprint density at radius 2 is 2.00 bits per heavy atom. The maximum absolute atomic E-state index is 13.0. The molecule has 2 amide bonds. The largest absolute Gasteiger partial charge is 0.467 e. The fourth-order valence-electron chi connectivity index (χ4n) is 3.34. The lowest BCUT2D eigenvalue weighted by atomic mass is 9.88. The zero-order valence-corrected chi connectivity index (χ0v) is 15.1. The topological polar surface area (TPSA) is 88.6 Å². The second-order valence-corrected chi connectivity index (χ2v) is 6.65. The number of carbonyl (C=O) groups excluding carboxylic acids is 2. The third-order valence-electron chi connectivity index (χ3n) is 4.67. The average molecular weight is 359 g/mol. The molecule has 0 saturated heterocycles. The summed E-state index contributed by atoms with van der Waals surface area (Å²) in [7, 11) is 0. The van der Waals surface area contributed by atoms with Crippen LogP contribution in [0.3, 0.4) is 0 Å². The minimum Gasteiger partial charge on any atom is -0.467 e. The third-order valence-corrected chi connectivity index (χ3v) is 4.67. The Balaban J connectivity index is 1.72. The molecule has 2 heterocycles. The van der Waals surface area contributed by atoms with E-state index >= 15 is 0 Å². The Bertz CT molecular complexity index is 717. The van der Waals surface area contributed by atoms with E-state index in [1.807, 2.05) is 13.0 Å². The monoisotopic (exact) mass is 359 g/mol. The van der Waals surface area contributed by atoms with Gasteiger partial charge in [0.1, 0.15) is 5.76 Å². The van der Waals surface area contributed by atoms with Crippen molar-refractivity contribution in [2.45, 2.75) is 52.1 Å². The van der Waals surface area contributed by atoms with Crippen LogP contribution in [0.4, 0.5) is 0 Å². The molecule has 7 nitrogen and oxygen atoms in total.